The average molecular weight is 125 g/mol. The lowest BCUT2D eigenvalue weighted by Gasteiger charge is -1.98. The van der Waals surface area contributed by atoms with Gasteiger partial charge in [-0.3, -0.25) is 0 Å². The first-order valence-corrected chi connectivity index (χ1v) is 3.41. The van der Waals surface area contributed by atoms with Gasteiger partial charge in [0.2, 0.25) is 0 Å². The maximum atomic E-state index is 8.51. The number of rotatable bonds is 0. The first-order valence-electron chi connectivity index (χ1n) is 3.41. The largest absolute Gasteiger partial charge is 0.381 e. The molecule has 9 heavy (non-hydrogen) atoms. The van der Waals surface area contributed by atoms with Crippen LogP contribution < -0.4 is 0 Å². The number of hydrogen-bond acceptors (Lipinski definition) is 2. The van der Waals surface area contributed by atoms with E-state index in [0.717, 1.165) is 32.5 Å². The lowest BCUT2D eigenvalue weighted by molar-refractivity contribution is 0.143. The molecule has 0 aromatic carbocycles. The Hall–Kier alpha value is -0.550. The minimum atomic E-state index is 0.257. The third-order valence-electron chi connectivity index (χ3n) is 1.63. The van der Waals surface area contributed by atoms with Crippen molar-refractivity contribution in [2.75, 3.05) is 13.2 Å². The van der Waals surface area contributed by atoms with Crippen molar-refractivity contribution in [2.24, 2.45) is 5.92 Å². The van der Waals surface area contributed by atoms with Crippen molar-refractivity contribution >= 4 is 0 Å². The molecule has 50 valence electrons. The SMILES string of the molecule is N#CC1CCCOCC1. The van der Waals surface area contributed by atoms with Crippen LogP contribution in [0.2, 0.25) is 0 Å². The first-order chi connectivity index (χ1) is 4.43. The zero-order valence-electron chi connectivity index (χ0n) is 5.47. The quantitative estimate of drug-likeness (QED) is 0.489. The van der Waals surface area contributed by atoms with Gasteiger partial charge in [-0.2, -0.15) is 5.26 Å². The zero-order valence-corrected chi connectivity index (χ0v) is 5.47. The van der Waals surface area contributed by atoms with Crippen LogP contribution >= 0.6 is 0 Å². The van der Waals surface area contributed by atoms with E-state index in [1.807, 2.05) is 0 Å². The maximum absolute atomic E-state index is 8.51. The fourth-order valence-electron chi connectivity index (χ4n) is 1.03. The molecule has 2 heteroatoms. The predicted molar refractivity (Wildman–Crippen MR) is 33.8 cm³/mol. The molecule has 1 aliphatic rings. The Morgan fingerprint density at radius 3 is 3.00 bits per heavy atom. The van der Waals surface area contributed by atoms with Gasteiger partial charge in [0.25, 0.3) is 0 Å². The number of nitrogens with zero attached hydrogens (tertiary/aromatic N) is 1. The molecule has 0 amide bonds. The Morgan fingerprint density at radius 2 is 2.22 bits per heavy atom. The molecule has 0 aromatic heterocycles. The Kier molecular flexibility index (Phi) is 2.53. The smallest absolute Gasteiger partial charge is 0.0656 e. The Morgan fingerprint density at radius 1 is 1.33 bits per heavy atom. The van der Waals surface area contributed by atoms with Gasteiger partial charge in [-0.25, -0.2) is 0 Å². The molecule has 0 radical (unpaired) electrons. The molecule has 1 rings (SSSR count). The van der Waals surface area contributed by atoms with E-state index in [1.54, 1.807) is 0 Å². The van der Waals surface area contributed by atoms with E-state index < -0.39 is 0 Å². The van der Waals surface area contributed by atoms with E-state index in [2.05, 4.69) is 6.07 Å². The molecule has 0 saturated carbocycles. The topological polar surface area (TPSA) is 33.0 Å². The number of ether oxygens (including phenoxy) is 1. The van der Waals surface area contributed by atoms with Crippen LogP contribution in [0.1, 0.15) is 19.3 Å². The molecule has 1 fully saturated rings. The summed E-state index contributed by atoms with van der Waals surface area (Å²) in [5.41, 5.74) is 0. The van der Waals surface area contributed by atoms with Crippen LogP contribution in [-0.2, 0) is 4.74 Å². The number of nitriles is 1. The highest BCUT2D eigenvalue weighted by Crippen LogP contribution is 2.13. The highest BCUT2D eigenvalue weighted by molar-refractivity contribution is 4.82. The molecular formula is C7H11NO. The minimum absolute atomic E-state index is 0.257. The van der Waals surface area contributed by atoms with Gasteiger partial charge in [0.05, 0.1) is 6.07 Å². The second-order valence-corrected chi connectivity index (χ2v) is 2.37. The van der Waals surface area contributed by atoms with Gasteiger partial charge in [-0.05, 0) is 19.3 Å². The zero-order chi connectivity index (χ0) is 6.53. The molecule has 1 atom stereocenters. The summed E-state index contributed by atoms with van der Waals surface area (Å²) in [7, 11) is 0. The van der Waals surface area contributed by atoms with Gasteiger partial charge >= 0.3 is 0 Å². The fourth-order valence-corrected chi connectivity index (χ4v) is 1.03. The van der Waals surface area contributed by atoms with Crippen molar-refractivity contribution in [2.45, 2.75) is 19.3 Å². The summed E-state index contributed by atoms with van der Waals surface area (Å²) in [6.07, 6.45) is 3.01. The Bertz CT molecular complexity index is 109. The first kappa shape index (κ1) is 6.57. The lowest BCUT2D eigenvalue weighted by atomic mass is 10.0. The molecule has 1 unspecified atom stereocenters. The summed E-state index contributed by atoms with van der Waals surface area (Å²) < 4.78 is 5.18. The van der Waals surface area contributed by atoms with Crippen LogP contribution in [0.25, 0.3) is 0 Å². The van der Waals surface area contributed by atoms with E-state index >= 15 is 0 Å². The van der Waals surface area contributed by atoms with Gasteiger partial charge in [0.15, 0.2) is 0 Å². The van der Waals surface area contributed by atoms with Gasteiger partial charge < -0.3 is 4.74 Å². The summed E-state index contributed by atoms with van der Waals surface area (Å²) in [5, 5.41) is 8.51. The molecule has 1 aliphatic heterocycles. The highest BCUT2D eigenvalue weighted by Gasteiger charge is 2.09. The monoisotopic (exact) mass is 125 g/mol. The molecule has 0 aromatic rings. The van der Waals surface area contributed by atoms with E-state index in [9.17, 15) is 0 Å². The van der Waals surface area contributed by atoms with Gasteiger partial charge in [-0.1, -0.05) is 0 Å². The summed E-state index contributed by atoms with van der Waals surface area (Å²) in [4.78, 5) is 0. The summed E-state index contributed by atoms with van der Waals surface area (Å²) >= 11 is 0. The molecule has 0 bridgehead atoms. The molecule has 1 saturated heterocycles. The number of hydrogen-bond donors (Lipinski definition) is 0. The van der Waals surface area contributed by atoms with Crippen molar-refractivity contribution in [1.29, 1.82) is 5.26 Å². The summed E-state index contributed by atoms with van der Waals surface area (Å²) in [6.45, 7) is 1.62. The van der Waals surface area contributed by atoms with E-state index in [4.69, 9.17) is 10.00 Å². The van der Waals surface area contributed by atoms with E-state index in [-0.39, 0.29) is 5.92 Å². The molecule has 0 spiro atoms. The van der Waals surface area contributed by atoms with E-state index in [1.165, 1.54) is 0 Å². The molecule has 2 nitrogen and oxygen atoms in total. The van der Waals surface area contributed by atoms with Crippen molar-refractivity contribution in [3.63, 3.8) is 0 Å². The molecule has 0 aliphatic carbocycles. The summed E-state index contributed by atoms with van der Waals surface area (Å²) in [6, 6.07) is 2.26. The lowest BCUT2D eigenvalue weighted by Crippen LogP contribution is -1.96. The van der Waals surface area contributed by atoms with Crippen LogP contribution in [0.4, 0.5) is 0 Å². The Labute approximate surface area is 55.4 Å². The standard InChI is InChI=1S/C7H11NO/c8-6-7-2-1-4-9-5-3-7/h7H,1-5H2. The van der Waals surface area contributed by atoms with Gasteiger partial charge in [0.1, 0.15) is 0 Å². The average Bonchev–Trinajstić information content (AvgIpc) is 2.13. The van der Waals surface area contributed by atoms with Crippen LogP contribution in [0.5, 0.6) is 0 Å². The van der Waals surface area contributed by atoms with Gasteiger partial charge in [-0.15, -0.1) is 0 Å². The van der Waals surface area contributed by atoms with Crippen LogP contribution in [0.3, 0.4) is 0 Å². The molecular weight excluding hydrogens is 114 g/mol. The Balaban J connectivity index is 2.29. The maximum Gasteiger partial charge on any atom is 0.0656 e. The second kappa shape index (κ2) is 3.47. The third kappa shape index (κ3) is 2.03. The molecule has 0 N–H and O–H groups in total. The minimum Gasteiger partial charge on any atom is -0.381 e. The third-order valence-corrected chi connectivity index (χ3v) is 1.63. The van der Waals surface area contributed by atoms with Crippen molar-refractivity contribution in [3.05, 3.63) is 0 Å². The highest BCUT2D eigenvalue weighted by atomic mass is 16.5. The van der Waals surface area contributed by atoms with Crippen molar-refractivity contribution in [1.82, 2.24) is 0 Å². The van der Waals surface area contributed by atoms with Crippen LogP contribution in [0, 0.1) is 17.2 Å². The van der Waals surface area contributed by atoms with Crippen molar-refractivity contribution < 1.29 is 4.74 Å². The van der Waals surface area contributed by atoms with Gasteiger partial charge in [0, 0.05) is 19.1 Å². The predicted octanol–water partition coefficient (Wildman–Crippen LogP) is 1.33. The normalized spacial score (nSPS) is 28.6. The van der Waals surface area contributed by atoms with Crippen molar-refractivity contribution in [3.8, 4) is 6.07 Å². The van der Waals surface area contributed by atoms with E-state index in [0.29, 0.717) is 0 Å². The fraction of sp³-hybridized carbons (Fsp3) is 0.857. The molecule has 1 heterocycles. The second-order valence-electron chi connectivity index (χ2n) is 2.37. The summed E-state index contributed by atoms with van der Waals surface area (Å²) in [5.74, 6) is 0.257. The van der Waals surface area contributed by atoms with Crippen LogP contribution in [0.15, 0.2) is 0 Å². The van der Waals surface area contributed by atoms with Crippen LogP contribution in [-0.4, -0.2) is 13.2 Å².